The number of carboxylic acid groups (broad SMARTS) is 1. The first-order valence-electron chi connectivity index (χ1n) is 24.4. The molecule has 0 saturated heterocycles. The summed E-state index contributed by atoms with van der Waals surface area (Å²) in [5, 5.41) is 9.65. The van der Waals surface area contributed by atoms with Gasteiger partial charge in [0.05, 0.1) is 34.4 Å². The summed E-state index contributed by atoms with van der Waals surface area (Å²) in [5.74, 6) is -2.00. The summed E-state index contributed by atoms with van der Waals surface area (Å²) in [7, 11) is 5.96. The van der Waals surface area contributed by atoms with Gasteiger partial charge < -0.3 is 28.5 Å². The molecule has 342 valence electrons. The minimum Gasteiger partial charge on any atom is -0.477 e. The van der Waals surface area contributed by atoms with Crippen LogP contribution in [-0.4, -0.2) is 87.4 Å². The molecule has 0 aliphatic carbocycles. The van der Waals surface area contributed by atoms with Gasteiger partial charge in [-0.1, -0.05) is 187 Å². The minimum atomic E-state index is -1.50. The summed E-state index contributed by atoms with van der Waals surface area (Å²) in [6.45, 7) is 4.89. The molecule has 0 bridgehead atoms. The van der Waals surface area contributed by atoms with E-state index in [4.69, 9.17) is 18.9 Å². The number of aliphatic carboxylic acids is 1. The lowest BCUT2D eigenvalue weighted by molar-refractivity contribution is -0.870. The van der Waals surface area contributed by atoms with Crippen molar-refractivity contribution < 1.29 is 42.9 Å². The van der Waals surface area contributed by atoms with Gasteiger partial charge in [-0.2, -0.15) is 0 Å². The number of likely N-dealkylation sites (N-methyl/N-ethyl adjacent to an activating group) is 1. The van der Waals surface area contributed by atoms with Crippen LogP contribution in [0, 0.1) is 0 Å². The second-order valence-corrected chi connectivity index (χ2v) is 17.8. The molecule has 0 aromatic carbocycles. The van der Waals surface area contributed by atoms with E-state index in [1.807, 2.05) is 21.1 Å². The predicted octanol–water partition coefficient (Wildman–Crippen LogP) is 13.1. The number of quaternary nitrogens is 1. The Kier molecular flexibility index (Phi) is 40.3. The molecule has 0 radical (unpaired) electrons. The van der Waals surface area contributed by atoms with Crippen LogP contribution in [0.3, 0.4) is 0 Å². The van der Waals surface area contributed by atoms with E-state index in [0.717, 1.165) is 51.4 Å². The van der Waals surface area contributed by atoms with Gasteiger partial charge in [0.15, 0.2) is 6.10 Å². The first kappa shape index (κ1) is 56.0. The quantitative estimate of drug-likeness (QED) is 0.0213. The Hall–Kier alpha value is -1.97. The average molecular weight is 825 g/mol. The fourth-order valence-corrected chi connectivity index (χ4v) is 6.95. The second kappa shape index (κ2) is 41.8. The van der Waals surface area contributed by atoms with Gasteiger partial charge in [0.2, 0.25) is 0 Å². The number of carbonyl (C=O) groups excluding carboxylic acids is 2. The number of carbonyl (C=O) groups is 3. The number of nitrogens with zero attached hydrogens (tertiary/aromatic N) is 1. The molecule has 0 saturated carbocycles. The lowest BCUT2D eigenvalue weighted by atomic mass is 10.0. The fourth-order valence-electron chi connectivity index (χ4n) is 6.95. The van der Waals surface area contributed by atoms with Gasteiger partial charge in [-0.3, -0.25) is 9.59 Å². The largest absolute Gasteiger partial charge is 0.477 e. The molecule has 2 unspecified atom stereocenters. The van der Waals surface area contributed by atoms with Gasteiger partial charge in [0.25, 0.3) is 6.29 Å². The molecule has 0 rings (SSSR count). The first-order valence-corrected chi connectivity index (χ1v) is 24.4. The topological polar surface area (TPSA) is 108 Å². The molecule has 0 aromatic heterocycles. The van der Waals surface area contributed by atoms with E-state index in [1.54, 1.807) is 0 Å². The van der Waals surface area contributed by atoms with Gasteiger partial charge in [-0.15, -0.1) is 0 Å². The van der Waals surface area contributed by atoms with Crippen LogP contribution in [0.5, 0.6) is 0 Å². The molecule has 0 spiro atoms. The maximum atomic E-state index is 12.8. The fraction of sp³-hybridized carbons (Fsp3) is 0.898. The Morgan fingerprint density at radius 1 is 0.500 bits per heavy atom. The zero-order valence-corrected chi connectivity index (χ0v) is 38.7. The third-order valence-corrected chi connectivity index (χ3v) is 10.8. The van der Waals surface area contributed by atoms with Crippen LogP contribution in [0.15, 0.2) is 12.2 Å². The Morgan fingerprint density at radius 2 is 0.879 bits per heavy atom. The van der Waals surface area contributed by atoms with E-state index >= 15 is 0 Å². The number of carboxylic acids is 1. The highest BCUT2D eigenvalue weighted by Crippen LogP contribution is 2.16. The number of unbranched alkanes of at least 4 members (excludes halogenated alkanes) is 28. The highest BCUT2D eigenvalue weighted by Gasteiger charge is 2.25. The van der Waals surface area contributed by atoms with E-state index in [9.17, 15) is 19.5 Å². The summed E-state index contributed by atoms with van der Waals surface area (Å²) in [6, 6.07) is 0. The molecular formula is C49H94NO8+. The van der Waals surface area contributed by atoms with Crippen LogP contribution in [0.25, 0.3) is 0 Å². The summed E-state index contributed by atoms with van der Waals surface area (Å²) in [4.78, 5) is 37.2. The van der Waals surface area contributed by atoms with Crippen molar-refractivity contribution >= 4 is 17.9 Å². The van der Waals surface area contributed by atoms with E-state index < -0.39 is 24.3 Å². The number of ether oxygens (including phenoxy) is 4. The number of rotatable bonds is 45. The number of hydrogen-bond donors (Lipinski definition) is 1. The van der Waals surface area contributed by atoms with E-state index in [-0.39, 0.29) is 32.2 Å². The molecule has 0 aromatic rings. The van der Waals surface area contributed by atoms with Crippen molar-refractivity contribution in [3.8, 4) is 0 Å². The maximum Gasteiger partial charge on any atom is 0.361 e. The standard InChI is InChI=1S/C49H93NO8/c1-6-8-10-12-14-16-18-20-22-23-24-26-28-30-32-34-36-38-40-47(52)58-45(44-57-49(48(53)54)55-42-41-50(3,4)5)43-56-46(51)39-37-35-33-31-29-27-25-21-19-17-15-13-11-9-7-2/h22-23,45,49H,6-21,24-44H2,1-5H3/p+1/b23-22-. The molecule has 9 nitrogen and oxygen atoms in total. The monoisotopic (exact) mass is 825 g/mol. The van der Waals surface area contributed by atoms with Crippen LogP contribution in [0.2, 0.25) is 0 Å². The Labute approximate surface area is 357 Å². The molecule has 9 heteroatoms. The highest BCUT2D eigenvalue weighted by atomic mass is 16.7. The lowest BCUT2D eigenvalue weighted by Crippen LogP contribution is -2.40. The predicted molar refractivity (Wildman–Crippen MR) is 240 cm³/mol. The SMILES string of the molecule is CCCCCCCCC/C=C\CCCCCCCCCC(=O)OC(COC(=O)CCCCCCCCCCCCCCCCC)COC(OCC[N+](C)(C)C)C(=O)O. The third-order valence-electron chi connectivity index (χ3n) is 10.8. The second-order valence-electron chi connectivity index (χ2n) is 17.8. The molecule has 0 aliphatic heterocycles. The third kappa shape index (κ3) is 42.2. The van der Waals surface area contributed by atoms with Crippen molar-refractivity contribution in [3.63, 3.8) is 0 Å². The van der Waals surface area contributed by atoms with Crippen molar-refractivity contribution in [2.24, 2.45) is 0 Å². The van der Waals surface area contributed by atoms with Crippen molar-refractivity contribution in [3.05, 3.63) is 12.2 Å². The summed E-state index contributed by atoms with van der Waals surface area (Å²) in [6.07, 6.45) is 41.2. The highest BCUT2D eigenvalue weighted by molar-refractivity contribution is 5.71. The zero-order chi connectivity index (χ0) is 42.8. The van der Waals surface area contributed by atoms with E-state index in [1.165, 1.54) is 148 Å². The van der Waals surface area contributed by atoms with Gasteiger partial charge in [0, 0.05) is 12.8 Å². The van der Waals surface area contributed by atoms with Crippen molar-refractivity contribution in [2.45, 2.75) is 238 Å². The van der Waals surface area contributed by atoms with E-state index in [0.29, 0.717) is 17.4 Å². The minimum absolute atomic E-state index is 0.178. The Bertz CT molecular complexity index is 965. The van der Waals surface area contributed by atoms with Crippen LogP contribution in [-0.2, 0) is 33.3 Å². The van der Waals surface area contributed by atoms with Crippen LogP contribution >= 0.6 is 0 Å². The van der Waals surface area contributed by atoms with Gasteiger partial charge in [-0.05, 0) is 38.5 Å². The van der Waals surface area contributed by atoms with Crippen LogP contribution < -0.4 is 0 Å². The first-order chi connectivity index (χ1) is 28.1. The number of esters is 2. The average Bonchev–Trinajstić information content (AvgIpc) is 3.18. The van der Waals surface area contributed by atoms with Crippen LogP contribution in [0.4, 0.5) is 0 Å². The lowest BCUT2D eigenvalue weighted by Gasteiger charge is -2.25. The van der Waals surface area contributed by atoms with Crippen molar-refractivity contribution in [1.82, 2.24) is 0 Å². The Balaban J connectivity index is 4.36. The normalized spacial score (nSPS) is 12.9. The van der Waals surface area contributed by atoms with E-state index in [2.05, 4.69) is 26.0 Å². The summed E-state index contributed by atoms with van der Waals surface area (Å²) >= 11 is 0. The molecule has 58 heavy (non-hydrogen) atoms. The molecule has 0 amide bonds. The zero-order valence-electron chi connectivity index (χ0n) is 38.7. The molecule has 1 N–H and O–H groups in total. The molecular weight excluding hydrogens is 731 g/mol. The summed E-state index contributed by atoms with van der Waals surface area (Å²) < 4.78 is 22.8. The van der Waals surface area contributed by atoms with Crippen molar-refractivity contribution in [1.29, 1.82) is 0 Å². The van der Waals surface area contributed by atoms with Crippen molar-refractivity contribution in [2.75, 3.05) is 47.5 Å². The molecule has 0 fully saturated rings. The van der Waals surface area contributed by atoms with Gasteiger partial charge in [0.1, 0.15) is 13.2 Å². The maximum absolute atomic E-state index is 12.8. The summed E-state index contributed by atoms with van der Waals surface area (Å²) in [5.41, 5.74) is 0. The molecule has 0 heterocycles. The van der Waals surface area contributed by atoms with Gasteiger partial charge in [-0.25, -0.2) is 4.79 Å². The van der Waals surface area contributed by atoms with Crippen LogP contribution in [0.1, 0.15) is 226 Å². The Morgan fingerprint density at radius 3 is 1.28 bits per heavy atom. The number of hydrogen-bond acceptors (Lipinski definition) is 7. The molecule has 2 atom stereocenters. The van der Waals surface area contributed by atoms with Gasteiger partial charge >= 0.3 is 17.9 Å². The molecule has 0 aliphatic rings. The number of allylic oxidation sites excluding steroid dienone is 2. The smallest absolute Gasteiger partial charge is 0.361 e.